The molecule has 168 valence electrons. The molecule has 0 aliphatic carbocycles. The summed E-state index contributed by atoms with van der Waals surface area (Å²) in [5.41, 5.74) is 4.50. The number of fused-ring (bicyclic) bond motifs is 1. The largest absolute Gasteiger partial charge is 0.507 e. The smallest absolute Gasteiger partial charge is 0.273 e. The Labute approximate surface area is 193 Å². The van der Waals surface area contributed by atoms with Gasteiger partial charge < -0.3 is 14.7 Å². The van der Waals surface area contributed by atoms with Crippen LogP contribution in [0.4, 0.5) is 0 Å². The van der Waals surface area contributed by atoms with Crippen molar-refractivity contribution < 1.29 is 14.6 Å². The number of phenolic OH excluding ortho intramolecular Hbond substituents is 1. The van der Waals surface area contributed by atoms with Crippen molar-refractivity contribution in [3.63, 3.8) is 0 Å². The molecule has 0 spiro atoms. The molecule has 32 heavy (non-hydrogen) atoms. The van der Waals surface area contributed by atoms with Gasteiger partial charge >= 0.3 is 0 Å². The lowest BCUT2D eigenvalue weighted by molar-refractivity contribution is 0.0601. The summed E-state index contributed by atoms with van der Waals surface area (Å²) in [7, 11) is 0. The van der Waals surface area contributed by atoms with Gasteiger partial charge in [-0.05, 0) is 56.0 Å². The molecule has 1 aliphatic heterocycles. The fourth-order valence-electron chi connectivity index (χ4n) is 4.17. The summed E-state index contributed by atoms with van der Waals surface area (Å²) in [5.74, 6) is -0.0330. The van der Waals surface area contributed by atoms with Gasteiger partial charge in [-0.25, -0.2) is 0 Å². The lowest BCUT2D eigenvalue weighted by atomic mass is 9.95. The normalized spacial score (nSPS) is 15.6. The Morgan fingerprint density at radius 1 is 1.22 bits per heavy atom. The summed E-state index contributed by atoms with van der Waals surface area (Å²) in [4.78, 5) is 15.2. The van der Waals surface area contributed by atoms with Crippen molar-refractivity contribution in [2.75, 3.05) is 13.2 Å². The summed E-state index contributed by atoms with van der Waals surface area (Å²) in [6.07, 6.45) is 1.82. The van der Waals surface area contributed by atoms with E-state index in [1.165, 1.54) is 5.56 Å². The number of rotatable bonds is 8. The van der Waals surface area contributed by atoms with Gasteiger partial charge in [-0.1, -0.05) is 42.8 Å². The maximum absolute atomic E-state index is 13.4. The molecule has 1 aliphatic rings. The predicted molar refractivity (Wildman–Crippen MR) is 125 cm³/mol. The van der Waals surface area contributed by atoms with Crippen LogP contribution < -0.4 is 0 Å². The monoisotopic (exact) mass is 453 g/mol. The Bertz CT molecular complexity index is 1110. The first-order valence-corrected chi connectivity index (χ1v) is 11.4. The Kier molecular flexibility index (Phi) is 6.53. The number of aryl methyl sites for hydroxylation is 1. The quantitative estimate of drug-likeness (QED) is 0.450. The first kappa shape index (κ1) is 22.4. The van der Waals surface area contributed by atoms with Gasteiger partial charge in [0.15, 0.2) is 0 Å². The first-order valence-electron chi connectivity index (χ1n) is 11.0. The lowest BCUT2D eigenvalue weighted by Gasteiger charge is -2.27. The Hall–Kier alpha value is -2.83. The lowest BCUT2D eigenvalue weighted by Crippen LogP contribution is -2.31. The molecule has 0 saturated carbocycles. The third-order valence-corrected chi connectivity index (χ3v) is 6.01. The molecule has 1 atom stereocenters. The highest BCUT2D eigenvalue weighted by Gasteiger charge is 2.42. The van der Waals surface area contributed by atoms with E-state index in [0.29, 0.717) is 35.1 Å². The van der Waals surface area contributed by atoms with Gasteiger partial charge in [0.05, 0.1) is 12.1 Å². The van der Waals surface area contributed by atoms with E-state index in [1.54, 1.807) is 18.2 Å². The molecule has 6 nitrogen and oxygen atoms in total. The molecule has 4 rings (SSSR count). The minimum Gasteiger partial charge on any atom is -0.507 e. The van der Waals surface area contributed by atoms with E-state index < -0.39 is 0 Å². The molecule has 0 fully saturated rings. The number of halogens is 1. The van der Waals surface area contributed by atoms with Gasteiger partial charge in [0.1, 0.15) is 17.1 Å². The van der Waals surface area contributed by atoms with Crippen LogP contribution in [0.15, 0.2) is 42.5 Å². The first-order chi connectivity index (χ1) is 15.4. The molecule has 1 unspecified atom stereocenters. The Morgan fingerprint density at radius 2 is 1.97 bits per heavy atom. The molecule has 1 amide bonds. The molecule has 2 aromatic carbocycles. The maximum atomic E-state index is 13.4. The third-order valence-electron chi connectivity index (χ3n) is 5.78. The highest BCUT2D eigenvalue weighted by Crippen LogP contribution is 2.45. The molecular weight excluding hydrogens is 426 g/mol. The minimum absolute atomic E-state index is 0.0695. The fourth-order valence-corrected chi connectivity index (χ4v) is 4.34. The SMILES string of the molecule is CCc1ccc(C2c3c(-c4cc(Cl)ccc4O)n[nH]c3C(=O)N2CCCOC(C)C)cc1. The van der Waals surface area contributed by atoms with Crippen LogP contribution in [0.25, 0.3) is 11.3 Å². The van der Waals surface area contributed by atoms with Crippen molar-refractivity contribution in [3.8, 4) is 17.0 Å². The van der Waals surface area contributed by atoms with Gasteiger partial charge in [-0.3, -0.25) is 9.89 Å². The number of hydrogen-bond donors (Lipinski definition) is 2. The summed E-state index contributed by atoms with van der Waals surface area (Å²) in [6, 6.07) is 12.9. The van der Waals surface area contributed by atoms with Crippen LogP contribution >= 0.6 is 11.6 Å². The van der Waals surface area contributed by atoms with Crippen LogP contribution in [-0.2, 0) is 11.2 Å². The standard InChI is InChI=1S/C25H28ClN3O3/c1-4-16-6-8-17(9-7-16)24-21-22(19-14-18(26)10-11-20(19)30)27-28-23(21)25(31)29(24)12-5-13-32-15(2)3/h6-11,14-15,24,30H,4-5,12-13H2,1-3H3,(H,27,28). The molecule has 3 aromatic rings. The van der Waals surface area contributed by atoms with Gasteiger partial charge in [-0.15, -0.1) is 0 Å². The number of H-pyrrole nitrogens is 1. The molecule has 0 radical (unpaired) electrons. The molecule has 1 aromatic heterocycles. The average molecular weight is 454 g/mol. The van der Waals surface area contributed by atoms with E-state index >= 15 is 0 Å². The highest BCUT2D eigenvalue weighted by molar-refractivity contribution is 6.31. The van der Waals surface area contributed by atoms with Gasteiger partial charge in [0, 0.05) is 29.3 Å². The van der Waals surface area contributed by atoms with E-state index in [2.05, 4.69) is 41.4 Å². The number of carbonyl (C=O) groups excluding carboxylic acids is 1. The van der Waals surface area contributed by atoms with Crippen LogP contribution in [0.1, 0.15) is 60.4 Å². The van der Waals surface area contributed by atoms with Crippen LogP contribution in [-0.4, -0.2) is 45.4 Å². The fraction of sp³-hybridized carbons (Fsp3) is 0.360. The van der Waals surface area contributed by atoms with Crippen molar-refractivity contribution in [1.29, 1.82) is 0 Å². The van der Waals surface area contributed by atoms with Crippen LogP contribution in [0, 0.1) is 0 Å². The zero-order valence-corrected chi connectivity index (χ0v) is 19.3. The second-order valence-corrected chi connectivity index (χ2v) is 8.73. The second kappa shape index (κ2) is 9.35. The van der Waals surface area contributed by atoms with E-state index in [4.69, 9.17) is 16.3 Å². The second-order valence-electron chi connectivity index (χ2n) is 8.29. The number of aromatic nitrogens is 2. The number of phenols is 1. The number of amides is 1. The highest BCUT2D eigenvalue weighted by atomic mass is 35.5. The van der Waals surface area contributed by atoms with Crippen molar-refractivity contribution in [3.05, 3.63) is 69.9 Å². The zero-order chi connectivity index (χ0) is 22.8. The zero-order valence-electron chi connectivity index (χ0n) is 18.6. The van der Waals surface area contributed by atoms with E-state index in [-0.39, 0.29) is 23.8 Å². The Morgan fingerprint density at radius 3 is 2.66 bits per heavy atom. The third kappa shape index (κ3) is 4.25. The molecule has 2 N–H and O–H groups in total. The Balaban J connectivity index is 1.76. The van der Waals surface area contributed by atoms with E-state index in [9.17, 15) is 9.90 Å². The number of ether oxygens (including phenoxy) is 1. The number of benzene rings is 2. The molecular formula is C25H28ClN3O3. The summed E-state index contributed by atoms with van der Waals surface area (Å²) in [5, 5.41) is 18.3. The number of aromatic amines is 1. The summed E-state index contributed by atoms with van der Waals surface area (Å²) < 4.78 is 5.68. The maximum Gasteiger partial charge on any atom is 0.273 e. The number of nitrogens with zero attached hydrogens (tertiary/aromatic N) is 2. The van der Waals surface area contributed by atoms with E-state index in [1.807, 2.05) is 18.7 Å². The minimum atomic E-state index is -0.311. The summed E-state index contributed by atoms with van der Waals surface area (Å²) in [6.45, 7) is 7.24. The van der Waals surface area contributed by atoms with Gasteiger partial charge in [0.2, 0.25) is 0 Å². The number of aromatic hydroxyl groups is 1. The van der Waals surface area contributed by atoms with Crippen LogP contribution in [0.2, 0.25) is 5.02 Å². The van der Waals surface area contributed by atoms with Gasteiger partial charge in [-0.2, -0.15) is 5.10 Å². The van der Waals surface area contributed by atoms with Crippen molar-refractivity contribution in [2.24, 2.45) is 0 Å². The van der Waals surface area contributed by atoms with Crippen LogP contribution in [0.5, 0.6) is 5.75 Å². The van der Waals surface area contributed by atoms with Crippen molar-refractivity contribution in [2.45, 2.75) is 45.8 Å². The molecule has 0 saturated heterocycles. The number of hydrogen-bond acceptors (Lipinski definition) is 4. The van der Waals surface area contributed by atoms with Gasteiger partial charge in [0.25, 0.3) is 5.91 Å². The summed E-state index contributed by atoms with van der Waals surface area (Å²) >= 11 is 6.20. The van der Waals surface area contributed by atoms with Crippen LogP contribution in [0.3, 0.4) is 0 Å². The molecule has 0 bridgehead atoms. The van der Waals surface area contributed by atoms with Crippen molar-refractivity contribution >= 4 is 17.5 Å². The number of nitrogens with one attached hydrogen (secondary N) is 1. The van der Waals surface area contributed by atoms with Crippen molar-refractivity contribution in [1.82, 2.24) is 15.1 Å². The molecule has 2 heterocycles. The average Bonchev–Trinajstić information content (AvgIpc) is 3.32. The predicted octanol–water partition coefficient (Wildman–Crippen LogP) is 5.36. The topological polar surface area (TPSA) is 78.5 Å². The molecule has 7 heteroatoms. The number of carbonyl (C=O) groups is 1. The van der Waals surface area contributed by atoms with E-state index in [0.717, 1.165) is 24.0 Å².